The summed E-state index contributed by atoms with van der Waals surface area (Å²) in [6.45, 7) is 2.65. The summed E-state index contributed by atoms with van der Waals surface area (Å²) in [7, 11) is 1.95. The maximum absolute atomic E-state index is 6.25. The summed E-state index contributed by atoms with van der Waals surface area (Å²) in [4.78, 5) is 0. The van der Waals surface area contributed by atoms with Gasteiger partial charge in [-0.15, -0.1) is 0 Å². The zero-order valence-electron chi connectivity index (χ0n) is 12.2. The predicted molar refractivity (Wildman–Crippen MR) is 89.6 cm³/mol. The zero-order chi connectivity index (χ0) is 15.2. The number of rotatable bonds is 6. The van der Waals surface area contributed by atoms with Crippen molar-refractivity contribution in [3.05, 3.63) is 63.6 Å². The van der Waals surface area contributed by atoms with Crippen LogP contribution in [0.3, 0.4) is 0 Å². The second-order valence-corrected chi connectivity index (χ2v) is 5.63. The Kier molecular flexibility index (Phi) is 5.92. The van der Waals surface area contributed by atoms with Crippen LogP contribution in [-0.4, -0.2) is 13.7 Å². The van der Waals surface area contributed by atoms with Crippen molar-refractivity contribution in [3.8, 4) is 5.75 Å². The van der Waals surface area contributed by atoms with Crippen LogP contribution in [0, 0.1) is 0 Å². The van der Waals surface area contributed by atoms with Gasteiger partial charge in [0.1, 0.15) is 5.75 Å². The highest BCUT2D eigenvalue weighted by Gasteiger charge is 2.12. The van der Waals surface area contributed by atoms with Gasteiger partial charge in [0.05, 0.1) is 6.61 Å². The molecule has 0 fully saturated rings. The van der Waals surface area contributed by atoms with Crippen LogP contribution in [-0.2, 0) is 6.42 Å². The molecule has 1 unspecified atom stereocenters. The van der Waals surface area contributed by atoms with Crippen LogP contribution in [0.15, 0.2) is 42.5 Å². The Morgan fingerprint density at radius 3 is 2.38 bits per heavy atom. The lowest BCUT2D eigenvalue weighted by atomic mass is 9.99. The molecule has 0 bridgehead atoms. The molecule has 21 heavy (non-hydrogen) atoms. The fraction of sp³-hybridized carbons (Fsp3) is 0.294. The van der Waals surface area contributed by atoms with Crippen molar-refractivity contribution in [2.45, 2.75) is 19.4 Å². The van der Waals surface area contributed by atoms with Crippen LogP contribution in [0.4, 0.5) is 0 Å². The smallest absolute Gasteiger partial charge is 0.119 e. The maximum Gasteiger partial charge on any atom is 0.119 e. The molecule has 4 heteroatoms. The molecule has 0 aromatic heterocycles. The molecule has 1 N–H and O–H groups in total. The quantitative estimate of drug-likeness (QED) is 0.816. The minimum atomic E-state index is 0.194. The van der Waals surface area contributed by atoms with Crippen LogP contribution in [0.1, 0.15) is 24.1 Å². The first-order valence-corrected chi connectivity index (χ1v) is 7.73. The Bertz CT molecular complexity index is 584. The van der Waals surface area contributed by atoms with Crippen molar-refractivity contribution in [1.29, 1.82) is 0 Å². The van der Waals surface area contributed by atoms with E-state index in [4.69, 9.17) is 27.9 Å². The van der Waals surface area contributed by atoms with Crippen LogP contribution in [0.2, 0.25) is 10.0 Å². The van der Waals surface area contributed by atoms with Crippen LogP contribution >= 0.6 is 23.2 Å². The standard InChI is InChI=1S/C17H19Cl2NO/c1-3-21-15-8-5-12(6-9-15)17(20-2)10-13-4-7-14(18)11-16(13)19/h4-9,11,17,20H,3,10H2,1-2H3. The van der Waals surface area contributed by atoms with Gasteiger partial charge < -0.3 is 10.1 Å². The Labute approximate surface area is 136 Å². The molecule has 0 aliphatic carbocycles. The lowest BCUT2D eigenvalue weighted by Crippen LogP contribution is -2.19. The molecule has 2 aromatic carbocycles. The van der Waals surface area contributed by atoms with Gasteiger partial charge in [0.2, 0.25) is 0 Å². The third kappa shape index (κ3) is 4.37. The number of benzene rings is 2. The molecule has 2 aromatic rings. The topological polar surface area (TPSA) is 21.3 Å². The molecule has 0 aliphatic heterocycles. The van der Waals surface area contributed by atoms with Crippen LogP contribution in [0.25, 0.3) is 0 Å². The average molecular weight is 324 g/mol. The summed E-state index contributed by atoms with van der Waals surface area (Å²) in [6.07, 6.45) is 0.806. The van der Waals surface area contributed by atoms with Crippen molar-refractivity contribution in [3.63, 3.8) is 0 Å². The van der Waals surface area contributed by atoms with E-state index in [1.165, 1.54) is 5.56 Å². The molecule has 1 atom stereocenters. The lowest BCUT2D eigenvalue weighted by Gasteiger charge is -2.18. The molecule has 0 heterocycles. The van der Waals surface area contributed by atoms with Gasteiger partial charge in [0.25, 0.3) is 0 Å². The van der Waals surface area contributed by atoms with E-state index >= 15 is 0 Å². The van der Waals surface area contributed by atoms with Gasteiger partial charge in [-0.2, -0.15) is 0 Å². The highest BCUT2D eigenvalue weighted by molar-refractivity contribution is 6.35. The predicted octanol–water partition coefficient (Wildman–Crippen LogP) is 4.90. The molecule has 0 aliphatic rings. The largest absolute Gasteiger partial charge is 0.494 e. The SMILES string of the molecule is CCOc1ccc(C(Cc2ccc(Cl)cc2Cl)NC)cc1. The summed E-state index contributed by atoms with van der Waals surface area (Å²) in [5.74, 6) is 0.889. The molecule has 0 amide bonds. The first kappa shape index (κ1) is 16.2. The number of hydrogen-bond acceptors (Lipinski definition) is 2. The highest BCUT2D eigenvalue weighted by atomic mass is 35.5. The number of halogens is 2. The molecule has 0 radical (unpaired) electrons. The average Bonchev–Trinajstić information content (AvgIpc) is 2.48. The van der Waals surface area contributed by atoms with Crippen LogP contribution in [0.5, 0.6) is 5.75 Å². The van der Waals surface area contributed by atoms with E-state index in [9.17, 15) is 0 Å². The molecule has 2 rings (SSSR count). The molecule has 2 nitrogen and oxygen atoms in total. The van der Waals surface area contributed by atoms with Gasteiger partial charge >= 0.3 is 0 Å². The summed E-state index contributed by atoms with van der Waals surface area (Å²) in [5.41, 5.74) is 2.28. The van der Waals surface area contributed by atoms with E-state index in [1.807, 2.05) is 38.2 Å². The summed E-state index contributed by atoms with van der Waals surface area (Å²) < 4.78 is 5.47. The summed E-state index contributed by atoms with van der Waals surface area (Å²) in [6, 6.07) is 14.0. The van der Waals surface area contributed by atoms with E-state index in [0.717, 1.165) is 17.7 Å². The third-order valence-corrected chi connectivity index (χ3v) is 3.97. The lowest BCUT2D eigenvalue weighted by molar-refractivity contribution is 0.340. The molecular weight excluding hydrogens is 305 g/mol. The second-order valence-electron chi connectivity index (χ2n) is 4.78. The minimum Gasteiger partial charge on any atom is -0.494 e. The van der Waals surface area contributed by atoms with Gasteiger partial charge in [-0.1, -0.05) is 41.4 Å². The molecule has 112 valence electrons. The normalized spacial score (nSPS) is 12.2. The van der Waals surface area contributed by atoms with Crippen molar-refractivity contribution in [2.75, 3.05) is 13.7 Å². The molecular formula is C17H19Cl2NO. The third-order valence-electron chi connectivity index (χ3n) is 3.38. The van der Waals surface area contributed by atoms with E-state index < -0.39 is 0 Å². The van der Waals surface area contributed by atoms with Crippen molar-refractivity contribution in [2.24, 2.45) is 0 Å². The molecule has 0 saturated heterocycles. The summed E-state index contributed by atoms with van der Waals surface area (Å²) >= 11 is 12.2. The van der Waals surface area contributed by atoms with Gasteiger partial charge in [-0.25, -0.2) is 0 Å². The van der Waals surface area contributed by atoms with E-state index in [1.54, 1.807) is 6.07 Å². The van der Waals surface area contributed by atoms with E-state index in [2.05, 4.69) is 17.4 Å². The van der Waals surface area contributed by atoms with Gasteiger partial charge in [-0.05, 0) is 55.8 Å². The first-order valence-electron chi connectivity index (χ1n) is 6.98. The number of ether oxygens (including phenoxy) is 1. The highest BCUT2D eigenvalue weighted by Crippen LogP contribution is 2.27. The zero-order valence-corrected chi connectivity index (χ0v) is 13.7. The van der Waals surface area contributed by atoms with Crippen molar-refractivity contribution < 1.29 is 4.74 Å². The fourth-order valence-electron chi connectivity index (χ4n) is 2.26. The Morgan fingerprint density at radius 2 is 1.81 bits per heavy atom. The number of nitrogens with one attached hydrogen (secondary N) is 1. The Hall–Kier alpha value is -1.22. The monoisotopic (exact) mass is 323 g/mol. The van der Waals surface area contributed by atoms with E-state index in [0.29, 0.717) is 16.7 Å². The van der Waals surface area contributed by atoms with Gasteiger partial charge in [0, 0.05) is 16.1 Å². The van der Waals surface area contributed by atoms with Gasteiger partial charge in [0.15, 0.2) is 0 Å². The van der Waals surface area contributed by atoms with Crippen molar-refractivity contribution in [1.82, 2.24) is 5.32 Å². The van der Waals surface area contributed by atoms with Gasteiger partial charge in [-0.3, -0.25) is 0 Å². The van der Waals surface area contributed by atoms with Crippen molar-refractivity contribution >= 4 is 23.2 Å². The summed E-state index contributed by atoms with van der Waals surface area (Å²) in [5, 5.41) is 4.69. The van der Waals surface area contributed by atoms with E-state index in [-0.39, 0.29) is 6.04 Å². The maximum atomic E-state index is 6.25. The van der Waals surface area contributed by atoms with Crippen LogP contribution < -0.4 is 10.1 Å². The first-order chi connectivity index (χ1) is 10.1. The number of likely N-dealkylation sites (N-methyl/N-ethyl adjacent to an activating group) is 1. The Morgan fingerprint density at radius 1 is 1.10 bits per heavy atom. The fourth-order valence-corrected chi connectivity index (χ4v) is 2.74. The molecule has 0 spiro atoms. The second kappa shape index (κ2) is 7.69. The Balaban J connectivity index is 2.15. The minimum absolute atomic E-state index is 0.194. The molecule has 0 saturated carbocycles. The number of hydrogen-bond donors (Lipinski definition) is 1.